The zero-order valence-corrected chi connectivity index (χ0v) is 16.2. The predicted molar refractivity (Wildman–Crippen MR) is 104 cm³/mol. The van der Waals surface area contributed by atoms with Crippen molar-refractivity contribution in [2.45, 2.75) is 19.9 Å². The molecule has 0 saturated carbocycles. The van der Waals surface area contributed by atoms with Gasteiger partial charge in [0.1, 0.15) is 30.0 Å². The molecule has 150 valence electrons. The van der Waals surface area contributed by atoms with Crippen LogP contribution in [0.15, 0.2) is 48.5 Å². The number of halogens is 1. The lowest BCUT2D eigenvalue weighted by Gasteiger charge is -2.22. The Labute approximate surface area is 164 Å². The Hall–Kier alpha value is -3.09. The van der Waals surface area contributed by atoms with Gasteiger partial charge in [0.2, 0.25) is 5.91 Å². The molecule has 2 N–H and O–H groups in total. The van der Waals surface area contributed by atoms with Gasteiger partial charge in [-0.1, -0.05) is 26.0 Å². The van der Waals surface area contributed by atoms with E-state index in [1.54, 1.807) is 51.3 Å². The van der Waals surface area contributed by atoms with Crippen LogP contribution in [0.2, 0.25) is 0 Å². The Morgan fingerprint density at radius 1 is 1.04 bits per heavy atom. The van der Waals surface area contributed by atoms with Crippen LogP contribution in [0.5, 0.6) is 11.5 Å². The second-order valence-electron chi connectivity index (χ2n) is 6.49. The molecule has 28 heavy (non-hydrogen) atoms. The molecule has 0 aromatic heterocycles. The van der Waals surface area contributed by atoms with E-state index >= 15 is 0 Å². The molecule has 6 nitrogen and oxygen atoms in total. The molecule has 0 aliphatic heterocycles. The van der Waals surface area contributed by atoms with E-state index in [1.807, 2.05) is 0 Å². The van der Waals surface area contributed by atoms with Gasteiger partial charge in [-0.2, -0.15) is 0 Å². The van der Waals surface area contributed by atoms with Crippen LogP contribution in [0.1, 0.15) is 24.2 Å². The number of carbonyl (C=O) groups is 2. The van der Waals surface area contributed by atoms with Crippen molar-refractivity contribution < 1.29 is 23.5 Å². The number of carbonyl (C=O) groups excluding carboxylic acids is 2. The first kappa shape index (κ1) is 21.2. The van der Waals surface area contributed by atoms with Crippen LogP contribution in [0.3, 0.4) is 0 Å². The third-order valence-corrected chi connectivity index (χ3v) is 4.08. The molecule has 2 aromatic carbocycles. The van der Waals surface area contributed by atoms with Gasteiger partial charge in [0.05, 0.1) is 19.2 Å². The zero-order valence-electron chi connectivity index (χ0n) is 16.2. The lowest BCUT2D eigenvalue weighted by atomic mass is 10.0. The van der Waals surface area contributed by atoms with E-state index in [1.165, 1.54) is 18.2 Å². The summed E-state index contributed by atoms with van der Waals surface area (Å²) in [5, 5.41) is 5.33. The quantitative estimate of drug-likeness (QED) is 0.648. The smallest absolute Gasteiger partial charge is 0.254 e. The largest absolute Gasteiger partial charge is 0.497 e. The van der Waals surface area contributed by atoms with Crippen molar-refractivity contribution in [1.82, 2.24) is 10.6 Å². The Morgan fingerprint density at radius 3 is 2.29 bits per heavy atom. The maximum Gasteiger partial charge on any atom is 0.254 e. The molecule has 2 aromatic rings. The van der Waals surface area contributed by atoms with Crippen molar-refractivity contribution in [2.24, 2.45) is 5.92 Å². The number of methoxy groups -OCH3 is 1. The number of amides is 2. The van der Waals surface area contributed by atoms with Crippen molar-refractivity contribution in [3.05, 3.63) is 59.9 Å². The number of nitrogens with one attached hydrogen (secondary N) is 2. The molecular formula is C21H25FN2O4. The summed E-state index contributed by atoms with van der Waals surface area (Å²) < 4.78 is 24.4. The van der Waals surface area contributed by atoms with Gasteiger partial charge in [-0.05, 0) is 42.3 Å². The maximum absolute atomic E-state index is 13.8. The average molecular weight is 388 g/mol. The lowest BCUT2D eigenvalue weighted by molar-refractivity contribution is -0.124. The number of ether oxygens (including phenoxy) is 2. The zero-order chi connectivity index (χ0) is 20.5. The molecule has 0 fully saturated rings. The molecular weight excluding hydrogens is 363 g/mol. The van der Waals surface area contributed by atoms with E-state index in [0.29, 0.717) is 5.75 Å². The van der Waals surface area contributed by atoms with Crippen LogP contribution in [0, 0.1) is 11.7 Å². The second kappa shape index (κ2) is 10.3. The van der Waals surface area contributed by atoms with E-state index in [-0.39, 0.29) is 30.5 Å². The topological polar surface area (TPSA) is 76.7 Å². The molecule has 0 radical (unpaired) electrons. The molecule has 7 heteroatoms. The Kier molecular flexibility index (Phi) is 7.80. The van der Waals surface area contributed by atoms with Gasteiger partial charge in [0.25, 0.3) is 5.91 Å². The van der Waals surface area contributed by atoms with Crippen molar-refractivity contribution in [3.8, 4) is 11.5 Å². The summed E-state index contributed by atoms with van der Waals surface area (Å²) in [4.78, 5) is 24.7. The lowest BCUT2D eigenvalue weighted by Crippen LogP contribution is -2.50. The highest BCUT2D eigenvalue weighted by Gasteiger charge is 2.25. The van der Waals surface area contributed by atoms with Gasteiger partial charge in [0, 0.05) is 0 Å². The number of rotatable bonds is 9. The molecule has 0 aliphatic carbocycles. The normalized spacial score (nSPS) is 11.6. The molecule has 0 heterocycles. The molecule has 0 aliphatic rings. The molecule has 2 rings (SSSR count). The number of benzene rings is 2. The summed E-state index contributed by atoms with van der Waals surface area (Å²) in [5.74, 6) is -0.386. The highest BCUT2D eigenvalue weighted by Crippen LogP contribution is 2.16. The fraction of sp³-hybridized carbons (Fsp3) is 0.333. The molecule has 0 saturated heterocycles. The monoisotopic (exact) mass is 388 g/mol. The van der Waals surface area contributed by atoms with Crippen LogP contribution in [-0.4, -0.2) is 38.1 Å². The van der Waals surface area contributed by atoms with Crippen molar-refractivity contribution in [1.29, 1.82) is 0 Å². The van der Waals surface area contributed by atoms with E-state index in [0.717, 1.165) is 5.75 Å². The van der Waals surface area contributed by atoms with Crippen LogP contribution < -0.4 is 20.1 Å². The fourth-order valence-corrected chi connectivity index (χ4v) is 2.52. The number of hydrogen-bond donors (Lipinski definition) is 2. The Balaban J connectivity index is 1.85. The summed E-state index contributed by atoms with van der Waals surface area (Å²) in [7, 11) is 1.58. The third-order valence-electron chi connectivity index (χ3n) is 4.08. The minimum absolute atomic E-state index is 0.0937. The van der Waals surface area contributed by atoms with Gasteiger partial charge in [-0.3, -0.25) is 9.59 Å². The van der Waals surface area contributed by atoms with Crippen LogP contribution >= 0.6 is 0 Å². The highest BCUT2D eigenvalue weighted by atomic mass is 19.1. The molecule has 1 unspecified atom stereocenters. The van der Waals surface area contributed by atoms with Gasteiger partial charge in [0.15, 0.2) is 0 Å². The van der Waals surface area contributed by atoms with Gasteiger partial charge in [-0.15, -0.1) is 0 Å². The van der Waals surface area contributed by atoms with Crippen molar-refractivity contribution >= 4 is 11.8 Å². The summed E-state index contributed by atoms with van der Waals surface area (Å²) in [6, 6.07) is 12.0. The minimum Gasteiger partial charge on any atom is -0.497 e. The molecule has 0 spiro atoms. The Bertz CT molecular complexity index is 793. The van der Waals surface area contributed by atoms with Gasteiger partial charge >= 0.3 is 0 Å². The molecule has 1 atom stereocenters. The first-order chi connectivity index (χ1) is 13.4. The average Bonchev–Trinajstić information content (AvgIpc) is 2.69. The minimum atomic E-state index is -0.784. The summed E-state index contributed by atoms with van der Waals surface area (Å²) in [5.41, 5.74) is -0.0937. The highest BCUT2D eigenvalue weighted by molar-refractivity contribution is 5.97. The maximum atomic E-state index is 13.8. The second-order valence-corrected chi connectivity index (χ2v) is 6.49. The van der Waals surface area contributed by atoms with Crippen molar-refractivity contribution in [2.75, 3.05) is 20.3 Å². The van der Waals surface area contributed by atoms with Gasteiger partial charge < -0.3 is 20.1 Å². The molecule has 0 bridgehead atoms. The predicted octanol–water partition coefficient (Wildman–Crippen LogP) is 2.78. The summed E-state index contributed by atoms with van der Waals surface area (Å²) in [6.07, 6.45) is 0. The fourth-order valence-electron chi connectivity index (χ4n) is 2.52. The van der Waals surface area contributed by atoms with Crippen LogP contribution in [0.4, 0.5) is 4.39 Å². The summed E-state index contributed by atoms with van der Waals surface area (Å²) in [6.45, 7) is 4.15. The van der Waals surface area contributed by atoms with Crippen LogP contribution in [-0.2, 0) is 4.79 Å². The third kappa shape index (κ3) is 5.97. The first-order valence-corrected chi connectivity index (χ1v) is 9.02. The van der Waals surface area contributed by atoms with E-state index in [2.05, 4.69) is 10.6 Å². The standard InChI is InChI=1S/C21H25FN2O4/c1-14(2)19(24-20(25)17-6-4-5-7-18(17)22)21(26)23-12-13-28-16-10-8-15(27-3)9-11-16/h4-11,14,19H,12-13H2,1-3H3,(H,23,26)(H,24,25). The van der Waals surface area contributed by atoms with Crippen LogP contribution in [0.25, 0.3) is 0 Å². The van der Waals surface area contributed by atoms with E-state index in [4.69, 9.17) is 9.47 Å². The first-order valence-electron chi connectivity index (χ1n) is 9.02. The Morgan fingerprint density at radius 2 is 1.68 bits per heavy atom. The molecule has 2 amide bonds. The van der Waals surface area contributed by atoms with Crippen molar-refractivity contribution in [3.63, 3.8) is 0 Å². The van der Waals surface area contributed by atoms with Gasteiger partial charge in [-0.25, -0.2) is 4.39 Å². The summed E-state index contributed by atoms with van der Waals surface area (Å²) >= 11 is 0. The SMILES string of the molecule is COc1ccc(OCCNC(=O)C(NC(=O)c2ccccc2F)C(C)C)cc1. The van der Waals surface area contributed by atoms with E-state index < -0.39 is 17.8 Å². The number of hydrogen-bond acceptors (Lipinski definition) is 4. The van der Waals surface area contributed by atoms with E-state index in [9.17, 15) is 14.0 Å².